The number of benzene rings is 1. The lowest BCUT2D eigenvalue weighted by atomic mass is 9.95. The topological polar surface area (TPSA) is 107 Å². The Balaban J connectivity index is 2.41. The Morgan fingerprint density at radius 1 is 1.19 bits per heavy atom. The van der Waals surface area contributed by atoms with E-state index in [1.54, 1.807) is 19.1 Å². The van der Waals surface area contributed by atoms with Gasteiger partial charge in [-0.25, -0.2) is 13.4 Å². The molecule has 2 rings (SSSR count). The average Bonchev–Trinajstić information content (AvgIpc) is 2.69. The van der Waals surface area contributed by atoms with E-state index in [4.69, 9.17) is 9.47 Å². The summed E-state index contributed by atoms with van der Waals surface area (Å²) in [5.74, 6) is 0.639. The fourth-order valence-corrected chi connectivity index (χ4v) is 2.94. The molecule has 0 aliphatic carbocycles. The number of hydrogen-bond donors (Lipinski definition) is 1. The van der Waals surface area contributed by atoms with Gasteiger partial charge in [-0.3, -0.25) is 4.79 Å². The molecule has 0 radical (unpaired) electrons. The van der Waals surface area contributed by atoms with Crippen molar-refractivity contribution in [1.29, 1.82) is 0 Å². The number of nitrogens with one attached hydrogen (secondary N) is 1. The van der Waals surface area contributed by atoms with Crippen LogP contribution < -0.4 is 10.1 Å². The molecule has 0 spiro atoms. The van der Waals surface area contributed by atoms with Crippen molar-refractivity contribution in [3.05, 3.63) is 59.4 Å². The van der Waals surface area contributed by atoms with Crippen molar-refractivity contribution < 1.29 is 22.7 Å². The molecule has 0 aliphatic heterocycles. The Labute approximate surface area is 183 Å². The molecule has 2 aromatic rings. The maximum absolute atomic E-state index is 13.1. The van der Waals surface area contributed by atoms with Crippen molar-refractivity contribution in [3.63, 3.8) is 0 Å². The van der Waals surface area contributed by atoms with Gasteiger partial charge in [0.05, 0.1) is 12.1 Å². The van der Waals surface area contributed by atoms with Crippen LogP contribution in [-0.4, -0.2) is 49.8 Å². The van der Waals surface area contributed by atoms with Crippen LogP contribution in [0, 0.1) is 0 Å². The molecule has 0 saturated carbocycles. The molecule has 0 saturated heterocycles. The van der Waals surface area contributed by atoms with Gasteiger partial charge in [-0.1, -0.05) is 39.0 Å². The minimum absolute atomic E-state index is 0.111. The zero-order valence-corrected chi connectivity index (χ0v) is 19.4. The maximum atomic E-state index is 13.1. The predicted molar refractivity (Wildman–Crippen MR) is 119 cm³/mol. The molecule has 1 aromatic heterocycles. The molecule has 1 N–H and O–H groups in total. The van der Waals surface area contributed by atoms with Gasteiger partial charge < -0.3 is 14.8 Å². The lowest BCUT2D eigenvalue weighted by Crippen LogP contribution is -2.42. The number of amides is 1. The van der Waals surface area contributed by atoms with Crippen LogP contribution in [0.4, 0.5) is 0 Å². The molecule has 1 heterocycles. The van der Waals surface area contributed by atoms with E-state index in [2.05, 4.69) is 15.3 Å². The maximum Gasteiger partial charge on any atom is 0.258 e. The molecule has 2 atom stereocenters. The van der Waals surface area contributed by atoms with E-state index in [0.29, 0.717) is 11.6 Å². The number of methoxy groups -OCH3 is 1. The Morgan fingerprint density at radius 3 is 2.39 bits per heavy atom. The second-order valence-electron chi connectivity index (χ2n) is 8.18. The van der Waals surface area contributed by atoms with Crippen molar-refractivity contribution in [1.82, 2.24) is 15.3 Å². The number of hydrogen-bond acceptors (Lipinski definition) is 7. The predicted octanol–water partition coefficient (Wildman–Crippen LogP) is 3.26. The molecule has 0 bridgehead atoms. The van der Waals surface area contributed by atoms with Gasteiger partial charge in [0.25, 0.3) is 5.91 Å². The summed E-state index contributed by atoms with van der Waals surface area (Å²) in [6.07, 6.45) is 3.39. The quantitative estimate of drug-likeness (QED) is 0.662. The number of aromatic nitrogens is 2. The third kappa shape index (κ3) is 7.45. The number of ether oxygens (including phenoxy) is 2. The van der Waals surface area contributed by atoms with E-state index in [1.807, 2.05) is 39.0 Å². The molecule has 0 aliphatic rings. The first-order valence-electron chi connectivity index (χ1n) is 9.73. The van der Waals surface area contributed by atoms with Crippen LogP contribution in [0.25, 0.3) is 0 Å². The van der Waals surface area contributed by atoms with Crippen molar-refractivity contribution in [2.24, 2.45) is 0 Å². The zero-order valence-electron chi connectivity index (χ0n) is 18.6. The lowest BCUT2D eigenvalue weighted by molar-refractivity contribution is 0.0780. The van der Waals surface area contributed by atoms with Crippen molar-refractivity contribution >= 4 is 15.7 Å². The Hall–Kier alpha value is -2.78. The number of carbonyl (C=O) groups excluding carboxylic acids is 1. The normalized spacial score (nSPS) is 14.3. The van der Waals surface area contributed by atoms with Crippen molar-refractivity contribution in [2.75, 3.05) is 13.4 Å². The number of nitrogens with zero attached hydrogens (tertiary/aromatic N) is 2. The average molecular weight is 448 g/mol. The summed E-state index contributed by atoms with van der Waals surface area (Å²) in [4.78, 5) is 21.9. The number of sulfone groups is 1. The van der Waals surface area contributed by atoms with E-state index in [9.17, 15) is 13.2 Å². The van der Waals surface area contributed by atoms with E-state index >= 15 is 0 Å². The van der Waals surface area contributed by atoms with Gasteiger partial charge in [0, 0.05) is 30.4 Å². The van der Waals surface area contributed by atoms with Crippen LogP contribution in [0.2, 0.25) is 0 Å². The summed E-state index contributed by atoms with van der Waals surface area (Å²) in [6.45, 7) is 7.60. The highest BCUT2D eigenvalue weighted by atomic mass is 32.2. The van der Waals surface area contributed by atoms with Crippen LogP contribution in [0.3, 0.4) is 0 Å². The minimum atomic E-state index is -3.37. The second kappa shape index (κ2) is 10.0. The van der Waals surface area contributed by atoms with Crippen LogP contribution in [0.15, 0.2) is 48.0 Å². The molecule has 1 amide bonds. The van der Waals surface area contributed by atoms with Crippen molar-refractivity contribution in [3.8, 4) is 11.6 Å². The molecular formula is C22H29N3O5S. The first-order chi connectivity index (χ1) is 14.4. The molecule has 8 nitrogen and oxygen atoms in total. The molecule has 168 valence electrons. The smallest absolute Gasteiger partial charge is 0.258 e. The van der Waals surface area contributed by atoms with Crippen LogP contribution in [-0.2, 0) is 20.0 Å². The van der Waals surface area contributed by atoms with Gasteiger partial charge in [-0.05, 0) is 25.1 Å². The van der Waals surface area contributed by atoms with E-state index < -0.39 is 27.9 Å². The number of carbonyl (C=O) groups is 1. The highest BCUT2D eigenvalue weighted by Crippen LogP contribution is 2.26. The fourth-order valence-electron chi connectivity index (χ4n) is 2.49. The standard InChI is InChI=1S/C22H29N3O5S/c1-15(29-5)18(12-13-31(6,27)28)24-19(26)17-14-23-21(22(2,3)4)25-20(17)30-16-10-8-7-9-11-16/h7-15,18H,1-6H3,(H,24,26)/b13-12+. The Kier molecular flexibility index (Phi) is 7.91. The highest BCUT2D eigenvalue weighted by Gasteiger charge is 2.25. The first kappa shape index (κ1) is 24.5. The largest absolute Gasteiger partial charge is 0.438 e. The summed E-state index contributed by atoms with van der Waals surface area (Å²) in [5, 5.41) is 3.80. The first-order valence-corrected chi connectivity index (χ1v) is 11.7. The van der Waals surface area contributed by atoms with Gasteiger partial charge in [-0.15, -0.1) is 0 Å². The summed E-state index contributed by atoms with van der Waals surface area (Å²) >= 11 is 0. The van der Waals surface area contributed by atoms with Gasteiger partial charge in [0.15, 0.2) is 9.84 Å². The summed E-state index contributed by atoms with van der Waals surface area (Å²) in [6, 6.07) is 8.29. The lowest BCUT2D eigenvalue weighted by Gasteiger charge is -2.22. The van der Waals surface area contributed by atoms with E-state index in [0.717, 1.165) is 11.7 Å². The molecule has 1 aromatic carbocycles. The van der Waals surface area contributed by atoms with Gasteiger partial charge >= 0.3 is 0 Å². The number of para-hydroxylation sites is 1. The molecule has 2 unspecified atom stereocenters. The van der Waals surface area contributed by atoms with Gasteiger partial charge in [0.1, 0.15) is 17.1 Å². The summed E-state index contributed by atoms with van der Waals surface area (Å²) in [5.41, 5.74) is -0.229. The third-order valence-electron chi connectivity index (χ3n) is 4.34. The fraction of sp³-hybridized carbons (Fsp3) is 0.409. The Bertz CT molecular complexity index is 1030. The molecule has 0 fully saturated rings. The highest BCUT2D eigenvalue weighted by molar-refractivity contribution is 7.93. The summed E-state index contributed by atoms with van der Waals surface area (Å²) < 4.78 is 34.2. The van der Waals surface area contributed by atoms with Crippen LogP contribution in [0.5, 0.6) is 11.6 Å². The molecular weight excluding hydrogens is 418 g/mol. The minimum Gasteiger partial charge on any atom is -0.438 e. The third-order valence-corrected chi connectivity index (χ3v) is 4.99. The number of rotatable bonds is 8. The second-order valence-corrected chi connectivity index (χ2v) is 10.1. The van der Waals surface area contributed by atoms with Crippen LogP contribution >= 0.6 is 0 Å². The van der Waals surface area contributed by atoms with Crippen molar-refractivity contribution in [2.45, 2.75) is 45.3 Å². The molecule has 31 heavy (non-hydrogen) atoms. The van der Waals surface area contributed by atoms with Gasteiger partial charge in [0.2, 0.25) is 5.88 Å². The van der Waals surface area contributed by atoms with Crippen LogP contribution in [0.1, 0.15) is 43.9 Å². The monoisotopic (exact) mass is 447 g/mol. The van der Waals surface area contributed by atoms with E-state index in [-0.39, 0.29) is 16.9 Å². The SMILES string of the molecule is COC(C)C(/C=C/S(C)(=O)=O)NC(=O)c1cnc(C(C)(C)C)nc1Oc1ccccc1. The van der Waals surface area contributed by atoms with Gasteiger partial charge in [-0.2, -0.15) is 4.98 Å². The zero-order chi connectivity index (χ0) is 23.2. The van der Waals surface area contributed by atoms with E-state index in [1.165, 1.54) is 19.4 Å². The Morgan fingerprint density at radius 2 is 1.84 bits per heavy atom. The summed E-state index contributed by atoms with van der Waals surface area (Å²) in [7, 11) is -1.89. The molecule has 9 heteroatoms.